The van der Waals surface area contributed by atoms with Crippen molar-refractivity contribution in [3.63, 3.8) is 0 Å². The molecule has 7 nitrogen and oxygen atoms in total. The first-order chi connectivity index (χ1) is 14.9. The lowest BCUT2D eigenvalue weighted by molar-refractivity contribution is -0.862. The maximum absolute atomic E-state index is 13.0. The number of nitrogens with one attached hydrogen (secondary N) is 2. The fourth-order valence-electron chi connectivity index (χ4n) is 3.90. The molecule has 1 atom stereocenters. The lowest BCUT2D eigenvalue weighted by Crippen LogP contribution is -3.11. The van der Waals surface area contributed by atoms with Crippen molar-refractivity contribution >= 4 is 28.8 Å². The van der Waals surface area contributed by atoms with Crippen molar-refractivity contribution < 1.29 is 14.5 Å². The van der Waals surface area contributed by atoms with Gasteiger partial charge in [-0.15, -0.1) is 0 Å². The minimum Gasteiger partial charge on any atom is -0.328 e. The highest BCUT2D eigenvalue weighted by atomic mass is 16.2. The number of fused-ring (bicyclic) bond motifs is 1. The zero-order chi connectivity index (χ0) is 22.5. The number of aryl methyl sites for hydroxylation is 1. The van der Waals surface area contributed by atoms with Gasteiger partial charge in [-0.3, -0.25) is 9.59 Å². The smallest absolute Gasteiger partial charge is 0.279 e. The number of rotatable bonds is 7. The van der Waals surface area contributed by atoms with Crippen LogP contribution < -0.4 is 20.0 Å². The van der Waals surface area contributed by atoms with Gasteiger partial charge in [0.2, 0.25) is 5.78 Å². The van der Waals surface area contributed by atoms with Crippen molar-refractivity contribution in [3.05, 3.63) is 65.5 Å². The average Bonchev–Trinajstić information content (AvgIpc) is 3.00. The number of ketones is 1. The topological polar surface area (TPSA) is 80.9 Å². The van der Waals surface area contributed by atoms with Crippen LogP contribution >= 0.6 is 0 Å². The Bertz CT molecular complexity index is 1040. The van der Waals surface area contributed by atoms with E-state index in [0.29, 0.717) is 10.7 Å². The SMILES string of the molecule is CCc1ccccc1NC(=O)C[NH+](C)CC(=O)C(C#N)=C1N(C)c2ccccc2N1C. The van der Waals surface area contributed by atoms with Crippen LogP contribution in [0, 0.1) is 11.3 Å². The van der Waals surface area contributed by atoms with E-state index >= 15 is 0 Å². The van der Waals surface area contributed by atoms with Gasteiger partial charge in [0.1, 0.15) is 24.0 Å². The molecule has 2 aromatic rings. The molecule has 7 heteroatoms. The molecule has 0 fully saturated rings. The number of likely N-dealkylation sites (N-methyl/N-ethyl adjacent to an activating group) is 1. The standard InChI is InChI=1S/C24H27N5O2/c1-5-17-10-6-7-11-19(17)26-23(31)16-27(2)15-22(30)18(14-25)24-28(3)20-12-8-9-13-21(20)29(24)4/h6-13H,5,15-16H2,1-4H3,(H,26,31)/p+1. The molecule has 1 heterocycles. The highest BCUT2D eigenvalue weighted by molar-refractivity contribution is 6.03. The van der Waals surface area contributed by atoms with Crippen molar-refractivity contribution in [1.82, 2.24) is 0 Å². The van der Waals surface area contributed by atoms with Gasteiger partial charge in [0.25, 0.3) is 5.91 Å². The lowest BCUT2D eigenvalue weighted by atomic mass is 10.1. The van der Waals surface area contributed by atoms with E-state index in [9.17, 15) is 14.9 Å². The molecule has 0 aliphatic carbocycles. The normalized spacial score (nSPS) is 13.5. The van der Waals surface area contributed by atoms with Gasteiger partial charge in [-0.1, -0.05) is 37.3 Å². The number of hydrogen-bond acceptors (Lipinski definition) is 5. The highest BCUT2D eigenvalue weighted by Crippen LogP contribution is 2.40. The zero-order valence-electron chi connectivity index (χ0n) is 18.4. The van der Waals surface area contributed by atoms with Gasteiger partial charge in [0.15, 0.2) is 6.54 Å². The number of carbonyl (C=O) groups is 2. The summed E-state index contributed by atoms with van der Waals surface area (Å²) in [6, 6.07) is 17.5. The molecule has 0 aromatic heterocycles. The van der Waals surface area contributed by atoms with E-state index in [1.807, 2.05) is 79.3 Å². The maximum Gasteiger partial charge on any atom is 0.279 e. The quantitative estimate of drug-likeness (QED) is 0.527. The number of benzene rings is 2. The number of anilines is 3. The number of hydrogen-bond donors (Lipinski definition) is 2. The first-order valence-corrected chi connectivity index (χ1v) is 10.3. The lowest BCUT2D eigenvalue weighted by Gasteiger charge is -2.20. The molecule has 0 bridgehead atoms. The van der Waals surface area contributed by atoms with Crippen LogP contribution in [0.5, 0.6) is 0 Å². The second-order valence-electron chi connectivity index (χ2n) is 7.71. The Kier molecular flexibility index (Phi) is 6.73. The summed E-state index contributed by atoms with van der Waals surface area (Å²) in [7, 11) is 5.47. The number of nitrogens with zero attached hydrogens (tertiary/aromatic N) is 3. The molecule has 31 heavy (non-hydrogen) atoms. The van der Waals surface area contributed by atoms with Crippen molar-refractivity contribution in [2.24, 2.45) is 0 Å². The summed E-state index contributed by atoms with van der Waals surface area (Å²) in [6.07, 6.45) is 0.820. The van der Waals surface area contributed by atoms with Crippen LogP contribution in [0.3, 0.4) is 0 Å². The molecule has 2 N–H and O–H groups in total. The third kappa shape index (κ3) is 4.60. The third-order valence-electron chi connectivity index (χ3n) is 5.45. The number of Topliss-reactive ketones (excluding diaryl/α,β-unsaturated/α-hetero) is 1. The van der Waals surface area contributed by atoms with E-state index < -0.39 is 0 Å². The minimum atomic E-state index is -0.289. The van der Waals surface area contributed by atoms with Crippen LogP contribution in [0.1, 0.15) is 12.5 Å². The van der Waals surface area contributed by atoms with Gasteiger partial charge < -0.3 is 20.0 Å². The van der Waals surface area contributed by atoms with E-state index in [1.54, 1.807) is 7.05 Å². The van der Waals surface area contributed by atoms with E-state index in [-0.39, 0.29) is 30.4 Å². The Morgan fingerprint density at radius 1 is 1.00 bits per heavy atom. The van der Waals surface area contributed by atoms with Crippen molar-refractivity contribution in [1.29, 1.82) is 5.26 Å². The number of amides is 1. The summed E-state index contributed by atoms with van der Waals surface area (Å²) in [4.78, 5) is 29.9. The molecule has 1 amide bonds. The van der Waals surface area contributed by atoms with Crippen molar-refractivity contribution in [3.8, 4) is 6.07 Å². The van der Waals surface area contributed by atoms with Crippen LogP contribution in [0.2, 0.25) is 0 Å². The predicted octanol–water partition coefficient (Wildman–Crippen LogP) is 1.59. The molecule has 0 saturated carbocycles. The first kappa shape index (κ1) is 22.1. The predicted molar refractivity (Wildman–Crippen MR) is 122 cm³/mol. The van der Waals surface area contributed by atoms with Crippen LogP contribution in [0.15, 0.2) is 59.9 Å². The number of nitriles is 1. The largest absolute Gasteiger partial charge is 0.328 e. The summed E-state index contributed by atoms with van der Waals surface area (Å²) < 4.78 is 0. The summed E-state index contributed by atoms with van der Waals surface area (Å²) in [6.45, 7) is 2.21. The monoisotopic (exact) mass is 418 g/mol. The van der Waals surface area contributed by atoms with Crippen LogP contribution in [-0.2, 0) is 16.0 Å². The van der Waals surface area contributed by atoms with E-state index in [4.69, 9.17) is 0 Å². The second kappa shape index (κ2) is 9.45. The second-order valence-corrected chi connectivity index (χ2v) is 7.71. The average molecular weight is 419 g/mol. The van der Waals surface area contributed by atoms with Crippen molar-refractivity contribution in [2.45, 2.75) is 13.3 Å². The zero-order valence-corrected chi connectivity index (χ0v) is 18.4. The van der Waals surface area contributed by atoms with Gasteiger partial charge in [0.05, 0.1) is 18.4 Å². The summed E-state index contributed by atoms with van der Waals surface area (Å²) in [5, 5.41) is 12.7. The number of carbonyl (C=O) groups excluding carboxylic acids is 2. The van der Waals surface area contributed by atoms with E-state index in [2.05, 4.69) is 11.4 Å². The molecule has 0 spiro atoms. The number of quaternary nitrogens is 1. The van der Waals surface area contributed by atoms with Crippen LogP contribution in [0.4, 0.5) is 17.1 Å². The third-order valence-corrected chi connectivity index (χ3v) is 5.45. The molecule has 0 radical (unpaired) electrons. The van der Waals surface area contributed by atoms with Gasteiger partial charge in [-0.05, 0) is 30.2 Å². The Hall–Kier alpha value is -3.63. The Morgan fingerprint density at radius 2 is 1.58 bits per heavy atom. The Balaban J connectivity index is 1.69. The molecule has 1 unspecified atom stereocenters. The molecule has 1 aliphatic heterocycles. The van der Waals surface area contributed by atoms with Crippen LogP contribution in [-0.4, -0.2) is 45.9 Å². The summed E-state index contributed by atoms with van der Waals surface area (Å²) in [5.74, 6) is 0.103. The minimum absolute atomic E-state index is 0.0489. The summed E-state index contributed by atoms with van der Waals surface area (Å²) >= 11 is 0. The molecular formula is C24H28N5O2+. The van der Waals surface area contributed by atoms with E-state index in [0.717, 1.165) is 29.0 Å². The van der Waals surface area contributed by atoms with E-state index in [1.165, 1.54) is 0 Å². The van der Waals surface area contributed by atoms with Crippen LogP contribution in [0.25, 0.3) is 0 Å². The number of para-hydroxylation sites is 3. The molecule has 160 valence electrons. The fraction of sp³-hybridized carbons (Fsp3) is 0.292. The Morgan fingerprint density at radius 3 is 2.16 bits per heavy atom. The molecule has 2 aromatic carbocycles. The van der Waals surface area contributed by atoms with Crippen molar-refractivity contribution in [2.75, 3.05) is 49.3 Å². The molecular weight excluding hydrogens is 390 g/mol. The van der Waals surface area contributed by atoms with Gasteiger partial charge in [0, 0.05) is 19.8 Å². The highest BCUT2D eigenvalue weighted by Gasteiger charge is 2.32. The Labute approximate surface area is 183 Å². The molecule has 0 saturated heterocycles. The molecule has 3 rings (SSSR count). The molecule has 1 aliphatic rings. The first-order valence-electron chi connectivity index (χ1n) is 10.3. The van der Waals surface area contributed by atoms with Gasteiger partial charge >= 0.3 is 0 Å². The van der Waals surface area contributed by atoms with Gasteiger partial charge in [-0.2, -0.15) is 5.26 Å². The summed E-state index contributed by atoms with van der Waals surface area (Å²) in [5.41, 5.74) is 3.83. The maximum atomic E-state index is 13.0. The van der Waals surface area contributed by atoms with Gasteiger partial charge in [-0.25, -0.2) is 0 Å². The fourth-order valence-corrected chi connectivity index (χ4v) is 3.90.